The first kappa shape index (κ1) is 18.6. The number of ether oxygens (including phenoxy) is 1. The van der Waals surface area contributed by atoms with E-state index in [2.05, 4.69) is 10.3 Å². The molecule has 0 aliphatic carbocycles. The molecule has 7 heteroatoms. The van der Waals surface area contributed by atoms with Gasteiger partial charge in [-0.15, -0.1) is 0 Å². The standard InChI is InChI=1S/C18H17ClN2O4/c1-2-25-17(23)5-6-20-18(24)16-4-3-13(10-21-16)14-7-12(11-22)8-15(19)9-14/h3-4,7-11H,2,5-6H2,1H3,(H,20,24). The Bertz CT molecular complexity index is 775. The summed E-state index contributed by atoms with van der Waals surface area (Å²) in [5.41, 5.74) is 2.15. The predicted molar refractivity (Wildman–Crippen MR) is 93.7 cm³/mol. The van der Waals surface area contributed by atoms with Crippen LogP contribution < -0.4 is 5.32 Å². The minimum atomic E-state index is -0.379. The number of hydrogen-bond donors (Lipinski definition) is 1. The van der Waals surface area contributed by atoms with Crippen LogP contribution in [0.5, 0.6) is 0 Å². The Hall–Kier alpha value is -2.73. The van der Waals surface area contributed by atoms with E-state index in [1.54, 1.807) is 37.3 Å². The monoisotopic (exact) mass is 360 g/mol. The van der Waals surface area contributed by atoms with Crippen LogP contribution >= 0.6 is 11.6 Å². The van der Waals surface area contributed by atoms with Gasteiger partial charge in [0.25, 0.3) is 5.91 Å². The summed E-state index contributed by atoms with van der Waals surface area (Å²) in [6, 6.07) is 8.25. The third-order valence-corrected chi connectivity index (χ3v) is 3.52. The fourth-order valence-electron chi connectivity index (χ4n) is 2.15. The van der Waals surface area contributed by atoms with E-state index >= 15 is 0 Å². The van der Waals surface area contributed by atoms with Crippen LogP contribution in [0.1, 0.15) is 34.2 Å². The lowest BCUT2D eigenvalue weighted by molar-refractivity contribution is -0.142. The summed E-state index contributed by atoms with van der Waals surface area (Å²) >= 11 is 5.98. The van der Waals surface area contributed by atoms with Crippen LogP contribution in [0.15, 0.2) is 36.5 Å². The number of carbonyl (C=O) groups is 3. The van der Waals surface area contributed by atoms with Crippen molar-refractivity contribution in [3.05, 3.63) is 52.8 Å². The highest BCUT2D eigenvalue weighted by molar-refractivity contribution is 6.31. The number of aldehydes is 1. The van der Waals surface area contributed by atoms with Crippen molar-refractivity contribution in [2.75, 3.05) is 13.2 Å². The van der Waals surface area contributed by atoms with E-state index in [1.165, 1.54) is 6.20 Å². The van der Waals surface area contributed by atoms with Crippen LogP contribution in [0.2, 0.25) is 5.02 Å². The SMILES string of the molecule is CCOC(=O)CCNC(=O)c1ccc(-c2cc(Cl)cc(C=O)c2)cn1. The maximum atomic E-state index is 12.0. The summed E-state index contributed by atoms with van der Waals surface area (Å²) in [4.78, 5) is 38.2. The van der Waals surface area contributed by atoms with Crippen LogP contribution in [0.3, 0.4) is 0 Å². The Morgan fingerprint density at radius 2 is 2.04 bits per heavy atom. The number of pyridine rings is 1. The van der Waals surface area contributed by atoms with Crippen molar-refractivity contribution < 1.29 is 19.1 Å². The maximum absolute atomic E-state index is 12.0. The lowest BCUT2D eigenvalue weighted by Crippen LogP contribution is -2.27. The first-order valence-corrected chi connectivity index (χ1v) is 8.07. The van der Waals surface area contributed by atoms with Crippen LogP contribution in [0.25, 0.3) is 11.1 Å². The summed E-state index contributed by atoms with van der Waals surface area (Å²) < 4.78 is 4.78. The van der Waals surface area contributed by atoms with Gasteiger partial charge in [-0.3, -0.25) is 19.4 Å². The highest BCUT2D eigenvalue weighted by Gasteiger charge is 2.09. The molecule has 0 aliphatic rings. The number of benzene rings is 1. The number of nitrogens with one attached hydrogen (secondary N) is 1. The van der Waals surface area contributed by atoms with E-state index in [4.69, 9.17) is 16.3 Å². The molecule has 2 aromatic rings. The Morgan fingerprint density at radius 3 is 2.68 bits per heavy atom. The number of nitrogens with zero attached hydrogens (tertiary/aromatic N) is 1. The Labute approximate surface area is 150 Å². The zero-order chi connectivity index (χ0) is 18.2. The number of amides is 1. The highest BCUT2D eigenvalue weighted by atomic mass is 35.5. The molecule has 2 rings (SSSR count). The fraction of sp³-hybridized carbons (Fsp3) is 0.222. The zero-order valence-electron chi connectivity index (χ0n) is 13.6. The first-order valence-electron chi connectivity index (χ1n) is 7.69. The fourth-order valence-corrected chi connectivity index (χ4v) is 2.39. The summed E-state index contributed by atoms with van der Waals surface area (Å²) in [7, 11) is 0. The molecule has 0 radical (unpaired) electrons. The van der Waals surface area contributed by atoms with Gasteiger partial charge in [0.2, 0.25) is 0 Å². The molecular formula is C18H17ClN2O4. The number of halogens is 1. The molecule has 1 N–H and O–H groups in total. The molecule has 25 heavy (non-hydrogen) atoms. The minimum absolute atomic E-state index is 0.106. The molecule has 1 heterocycles. The van der Waals surface area contributed by atoms with E-state index in [9.17, 15) is 14.4 Å². The zero-order valence-corrected chi connectivity index (χ0v) is 14.4. The number of rotatable bonds is 7. The van der Waals surface area contributed by atoms with Crippen molar-refractivity contribution in [2.24, 2.45) is 0 Å². The molecule has 1 amide bonds. The molecular weight excluding hydrogens is 344 g/mol. The molecule has 0 aliphatic heterocycles. The van der Waals surface area contributed by atoms with Gasteiger partial charge >= 0.3 is 5.97 Å². The topological polar surface area (TPSA) is 85.4 Å². The maximum Gasteiger partial charge on any atom is 0.307 e. The van der Waals surface area contributed by atoms with Gasteiger partial charge in [0.1, 0.15) is 12.0 Å². The van der Waals surface area contributed by atoms with Crippen LogP contribution in [0, 0.1) is 0 Å². The van der Waals surface area contributed by atoms with E-state index in [0.717, 1.165) is 11.1 Å². The van der Waals surface area contributed by atoms with E-state index in [1.807, 2.05) is 0 Å². The normalized spacial score (nSPS) is 10.2. The van der Waals surface area contributed by atoms with Crippen LogP contribution in [-0.2, 0) is 9.53 Å². The van der Waals surface area contributed by atoms with E-state index in [-0.39, 0.29) is 30.5 Å². The van der Waals surface area contributed by atoms with E-state index < -0.39 is 0 Å². The molecule has 0 saturated carbocycles. The van der Waals surface area contributed by atoms with Gasteiger partial charge in [-0.25, -0.2) is 0 Å². The van der Waals surface area contributed by atoms with Crippen molar-refractivity contribution >= 4 is 29.8 Å². The third kappa shape index (κ3) is 5.39. The summed E-state index contributed by atoms with van der Waals surface area (Å²) in [6.07, 6.45) is 2.35. The number of aromatic nitrogens is 1. The average molecular weight is 361 g/mol. The molecule has 130 valence electrons. The summed E-state index contributed by atoms with van der Waals surface area (Å²) in [5.74, 6) is -0.742. The molecule has 0 unspecified atom stereocenters. The molecule has 0 fully saturated rings. The van der Waals surface area contributed by atoms with Crippen LogP contribution in [0.4, 0.5) is 0 Å². The first-order chi connectivity index (χ1) is 12.0. The van der Waals surface area contributed by atoms with E-state index in [0.29, 0.717) is 23.5 Å². The smallest absolute Gasteiger partial charge is 0.307 e. The second-order valence-electron chi connectivity index (χ2n) is 5.13. The number of hydrogen-bond acceptors (Lipinski definition) is 5. The third-order valence-electron chi connectivity index (χ3n) is 3.31. The van der Waals surface area contributed by atoms with Crippen LogP contribution in [-0.4, -0.2) is 36.3 Å². The molecule has 0 bridgehead atoms. The average Bonchev–Trinajstić information content (AvgIpc) is 2.61. The van der Waals surface area contributed by atoms with Gasteiger partial charge in [0, 0.05) is 28.9 Å². The molecule has 0 atom stereocenters. The summed E-state index contributed by atoms with van der Waals surface area (Å²) in [6.45, 7) is 2.21. The Kier molecular flexibility index (Phi) is 6.65. The Morgan fingerprint density at radius 1 is 1.24 bits per heavy atom. The van der Waals surface area contributed by atoms with Crippen molar-refractivity contribution in [3.63, 3.8) is 0 Å². The molecule has 1 aromatic heterocycles. The second kappa shape index (κ2) is 8.94. The van der Waals surface area contributed by atoms with Gasteiger partial charge in [-0.05, 0) is 36.8 Å². The van der Waals surface area contributed by atoms with Crippen molar-refractivity contribution in [1.29, 1.82) is 0 Å². The number of esters is 1. The quantitative estimate of drug-likeness (QED) is 0.606. The van der Waals surface area contributed by atoms with Crippen molar-refractivity contribution in [2.45, 2.75) is 13.3 Å². The molecule has 6 nitrogen and oxygen atoms in total. The van der Waals surface area contributed by atoms with Crippen molar-refractivity contribution in [1.82, 2.24) is 10.3 Å². The van der Waals surface area contributed by atoms with Gasteiger partial charge in [-0.1, -0.05) is 17.7 Å². The Balaban J connectivity index is 2.02. The predicted octanol–water partition coefficient (Wildman–Crippen LogP) is 2.90. The number of carbonyl (C=O) groups excluding carboxylic acids is 3. The lowest BCUT2D eigenvalue weighted by atomic mass is 10.0. The molecule has 0 saturated heterocycles. The van der Waals surface area contributed by atoms with Gasteiger partial charge in [-0.2, -0.15) is 0 Å². The van der Waals surface area contributed by atoms with Gasteiger partial charge < -0.3 is 10.1 Å². The van der Waals surface area contributed by atoms with Crippen molar-refractivity contribution in [3.8, 4) is 11.1 Å². The minimum Gasteiger partial charge on any atom is -0.466 e. The molecule has 0 spiro atoms. The second-order valence-corrected chi connectivity index (χ2v) is 5.57. The molecule has 1 aromatic carbocycles. The van der Waals surface area contributed by atoms with Gasteiger partial charge in [0.15, 0.2) is 0 Å². The largest absolute Gasteiger partial charge is 0.466 e. The summed E-state index contributed by atoms with van der Waals surface area (Å²) in [5, 5.41) is 3.05. The van der Waals surface area contributed by atoms with Gasteiger partial charge in [0.05, 0.1) is 13.0 Å². The highest BCUT2D eigenvalue weighted by Crippen LogP contribution is 2.24. The lowest BCUT2D eigenvalue weighted by Gasteiger charge is -2.07.